The first-order chi connectivity index (χ1) is 12.4. The summed E-state index contributed by atoms with van der Waals surface area (Å²) < 4.78 is 0. The van der Waals surface area contributed by atoms with Crippen LogP contribution < -0.4 is 10.7 Å². The fraction of sp³-hybridized carbons (Fsp3) is 0.200. The molecule has 0 unspecified atom stereocenters. The molecule has 0 aliphatic heterocycles. The van der Waals surface area contributed by atoms with Crippen molar-refractivity contribution in [2.45, 2.75) is 13.1 Å². The summed E-state index contributed by atoms with van der Waals surface area (Å²) in [6.45, 7) is 1.22. The SMILES string of the molecule is CN(C)Cc1ccc(CNC(=O)c2c[nH]c3ccc(Cl)cc3c2=O)cc1. The number of rotatable bonds is 5. The minimum atomic E-state index is -0.412. The third-order valence-electron chi connectivity index (χ3n) is 4.06. The molecule has 1 heterocycles. The number of benzene rings is 2. The van der Waals surface area contributed by atoms with Crippen molar-refractivity contribution < 1.29 is 4.79 Å². The van der Waals surface area contributed by atoms with Crippen molar-refractivity contribution in [3.05, 3.63) is 80.6 Å². The van der Waals surface area contributed by atoms with E-state index in [0.717, 1.165) is 12.1 Å². The second kappa shape index (κ2) is 7.72. The molecule has 3 aromatic rings. The second-order valence-corrected chi connectivity index (χ2v) is 6.89. The number of amides is 1. The minimum Gasteiger partial charge on any atom is -0.360 e. The van der Waals surface area contributed by atoms with Crippen LogP contribution in [0.2, 0.25) is 5.02 Å². The summed E-state index contributed by atoms with van der Waals surface area (Å²) in [6, 6.07) is 13.0. The van der Waals surface area contributed by atoms with Gasteiger partial charge in [-0.3, -0.25) is 9.59 Å². The Morgan fingerprint density at radius 1 is 1.12 bits per heavy atom. The van der Waals surface area contributed by atoms with Crippen LogP contribution in [0.5, 0.6) is 0 Å². The zero-order valence-corrected chi connectivity index (χ0v) is 15.4. The van der Waals surface area contributed by atoms with Crippen molar-refractivity contribution in [3.63, 3.8) is 0 Å². The van der Waals surface area contributed by atoms with Crippen LogP contribution in [0.1, 0.15) is 21.5 Å². The van der Waals surface area contributed by atoms with Gasteiger partial charge in [-0.05, 0) is 43.4 Å². The molecule has 26 heavy (non-hydrogen) atoms. The molecule has 2 aromatic carbocycles. The Bertz CT molecular complexity index is 994. The van der Waals surface area contributed by atoms with Crippen LogP contribution in [0.15, 0.2) is 53.5 Å². The van der Waals surface area contributed by atoms with Gasteiger partial charge in [0.15, 0.2) is 0 Å². The number of hydrogen-bond acceptors (Lipinski definition) is 3. The van der Waals surface area contributed by atoms with E-state index in [1.807, 2.05) is 38.4 Å². The zero-order chi connectivity index (χ0) is 18.7. The molecule has 0 saturated heterocycles. The average molecular weight is 370 g/mol. The molecule has 0 saturated carbocycles. The largest absolute Gasteiger partial charge is 0.360 e. The van der Waals surface area contributed by atoms with Gasteiger partial charge in [0.25, 0.3) is 5.91 Å². The molecule has 2 N–H and O–H groups in total. The zero-order valence-electron chi connectivity index (χ0n) is 14.7. The third kappa shape index (κ3) is 4.12. The van der Waals surface area contributed by atoms with Gasteiger partial charge in [-0.2, -0.15) is 0 Å². The maximum absolute atomic E-state index is 12.5. The van der Waals surface area contributed by atoms with E-state index >= 15 is 0 Å². The predicted octanol–water partition coefficient (Wildman–Crippen LogP) is 3.17. The fourth-order valence-electron chi connectivity index (χ4n) is 2.76. The Balaban J connectivity index is 1.73. The van der Waals surface area contributed by atoms with Gasteiger partial charge in [-0.1, -0.05) is 35.9 Å². The number of carbonyl (C=O) groups is 1. The third-order valence-corrected chi connectivity index (χ3v) is 4.30. The van der Waals surface area contributed by atoms with Gasteiger partial charge in [0.1, 0.15) is 5.56 Å². The predicted molar refractivity (Wildman–Crippen MR) is 105 cm³/mol. The lowest BCUT2D eigenvalue weighted by molar-refractivity contribution is 0.0949. The molecule has 0 fully saturated rings. The van der Waals surface area contributed by atoms with Crippen LogP contribution in [0.3, 0.4) is 0 Å². The maximum atomic E-state index is 12.5. The van der Waals surface area contributed by atoms with Crippen LogP contribution in [0, 0.1) is 0 Å². The van der Waals surface area contributed by atoms with E-state index in [1.165, 1.54) is 11.8 Å². The highest BCUT2D eigenvalue weighted by molar-refractivity contribution is 6.31. The molecule has 0 spiro atoms. The van der Waals surface area contributed by atoms with Gasteiger partial charge in [-0.15, -0.1) is 0 Å². The van der Waals surface area contributed by atoms with Crippen molar-refractivity contribution in [2.75, 3.05) is 14.1 Å². The molecular weight excluding hydrogens is 350 g/mol. The molecule has 3 rings (SSSR count). The molecule has 5 nitrogen and oxygen atoms in total. The molecule has 0 aliphatic rings. The molecule has 1 aromatic heterocycles. The molecule has 134 valence electrons. The first-order valence-electron chi connectivity index (χ1n) is 8.26. The van der Waals surface area contributed by atoms with Gasteiger partial charge in [0.2, 0.25) is 5.43 Å². The number of halogens is 1. The first-order valence-corrected chi connectivity index (χ1v) is 8.63. The topological polar surface area (TPSA) is 65.2 Å². The Morgan fingerprint density at radius 2 is 1.81 bits per heavy atom. The van der Waals surface area contributed by atoms with Gasteiger partial charge >= 0.3 is 0 Å². The summed E-state index contributed by atoms with van der Waals surface area (Å²) >= 11 is 5.95. The lowest BCUT2D eigenvalue weighted by Gasteiger charge is -2.10. The van der Waals surface area contributed by atoms with E-state index in [0.29, 0.717) is 22.5 Å². The van der Waals surface area contributed by atoms with E-state index < -0.39 is 5.91 Å². The highest BCUT2D eigenvalue weighted by Crippen LogP contribution is 2.15. The monoisotopic (exact) mass is 369 g/mol. The standard InChI is InChI=1S/C20H20ClN3O2/c1-24(2)12-14-5-3-13(4-6-14)10-23-20(26)17-11-22-18-8-7-15(21)9-16(18)19(17)25/h3-9,11H,10,12H2,1-2H3,(H,22,25)(H,23,26). The van der Waals surface area contributed by atoms with Gasteiger partial charge in [-0.25, -0.2) is 0 Å². The molecular formula is C20H20ClN3O2. The number of nitrogens with zero attached hydrogens (tertiary/aromatic N) is 1. The van der Waals surface area contributed by atoms with Crippen molar-refractivity contribution in [3.8, 4) is 0 Å². The quantitative estimate of drug-likeness (QED) is 0.726. The number of aromatic nitrogens is 1. The fourth-order valence-corrected chi connectivity index (χ4v) is 2.94. The van der Waals surface area contributed by atoms with Gasteiger partial charge < -0.3 is 15.2 Å². The number of carbonyl (C=O) groups excluding carboxylic acids is 1. The van der Waals surface area contributed by atoms with Crippen molar-refractivity contribution in [2.24, 2.45) is 0 Å². The van der Waals surface area contributed by atoms with Crippen molar-refractivity contribution in [1.29, 1.82) is 0 Å². The first kappa shape index (κ1) is 18.2. The number of hydrogen-bond donors (Lipinski definition) is 2. The Labute approximate surface area is 156 Å². The van der Waals surface area contributed by atoms with Gasteiger partial charge in [0.05, 0.1) is 0 Å². The lowest BCUT2D eigenvalue weighted by Crippen LogP contribution is -2.28. The minimum absolute atomic E-state index is 0.0731. The molecule has 6 heteroatoms. The average Bonchev–Trinajstić information content (AvgIpc) is 2.61. The maximum Gasteiger partial charge on any atom is 0.257 e. The van der Waals surface area contributed by atoms with E-state index in [2.05, 4.69) is 15.2 Å². The molecule has 1 amide bonds. The molecule has 0 atom stereocenters. The second-order valence-electron chi connectivity index (χ2n) is 6.46. The summed E-state index contributed by atoms with van der Waals surface area (Å²) in [5, 5.41) is 3.65. The highest BCUT2D eigenvalue weighted by atomic mass is 35.5. The van der Waals surface area contributed by atoms with Crippen LogP contribution in [-0.4, -0.2) is 29.9 Å². The number of H-pyrrole nitrogens is 1. The molecule has 0 bridgehead atoms. The highest BCUT2D eigenvalue weighted by Gasteiger charge is 2.13. The molecule has 0 radical (unpaired) electrons. The van der Waals surface area contributed by atoms with Crippen molar-refractivity contribution in [1.82, 2.24) is 15.2 Å². The van der Waals surface area contributed by atoms with Crippen LogP contribution in [-0.2, 0) is 13.1 Å². The summed E-state index contributed by atoms with van der Waals surface area (Å²) in [5.74, 6) is -0.412. The lowest BCUT2D eigenvalue weighted by atomic mass is 10.1. The number of nitrogens with one attached hydrogen (secondary N) is 2. The van der Waals surface area contributed by atoms with E-state index in [9.17, 15) is 9.59 Å². The van der Waals surface area contributed by atoms with E-state index in [-0.39, 0.29) is 11.0 Å². The number of pyridine rings is 1. The smallest absolute Gasteiger partial charge is 0.257 e. The Hall–Kier alpha value is -2.63. The Morgan fingerprint density at radius 3 is 2.50 bits per heavy atom. The summed E-state index contributed by atoms with van der Waals surface area (Å²) in [7, 11) is 4.03. The summed E-state index contributed by atoms with van der Waals surface area (Å²) in [5.41, 5.74) is 2.56. The number of fused-ring (bicyclic) bond motifs is 1. The molecule has 0 aliphatic carbocycles. The summed E-state index contributed by atoms with van der Waals surface area (Å²) in [4.78, 5) is 30.0. The van der Waals surface area contributed by atoms with Gasteiger partial charge in [0, 0.05) is 35.2 Å². The van der Waals surface area contributed by atoms with Crippen LogP contribution in [0.25, 0.3) is 10.9 Å². The normalized spacial score (nSPS) is 11.1. The van der Waals surface area contributed by atoms with Crippen LogP contribution in [0.4, 0.5) is 0 Å². The summed E-state index contributed by atoms with van der Waals surface area (Å²) in [6.07, 6.45) is 1.44. The van der Waals surface area contributed by atoms with Crippen LogP contribution >= 0.6 is 11.6 Å². The van der Waals surface area contributed by atoms with Crippen molar-refractivity contribution >= 4 is 28.4 Å². The number of aromatic amines is 1. The van der Waals surface area contributed by atoms with E-state index in [4.69, 9.17) is 11.6 Å². The Kier molecular flexibility index (Phi) is 5.40. The van der Waals surface area contributed by atoms with E-state index in [1.54, 1.807) is 18.2 Å².